The molecule has 0 radical (unpaired) electrons. The van der Waals surface area contributed by atoms with Gasteiger partial charge in [-0.25, -0.2) is 9.59 Å². The van der Waals surface area contributed by atoms with E-state index < -0.39 is 205 Å². The number of hydrogen-bond donors (Lipinski definition) is 11. The third-order valence-corrected chi connectivity index (χ3v) is 22.6. The van der Waals surface area contributed by atoms with Crippen LogP contribution in [0.1, 0.15) is 148 Å². The molecule has 27 atom stereocenters. The van der Waals surface area contributed by atoms with E-state index >= 15 is 0 Å². The van der Waals surface area contributed by atoms with E-state index in [2.05, 4.69) is 26.0 Å². The Kier molecular flexibility index (Phi) is 21.1. The van der Waals surface area contributed by atoms with Gasteiger partial charge in [-0.05, 0) is 113 Å². The lowest BCUT2D eigenvalue weighted by Gasteiger charge is -2.73. The first-order chi connectivity index (χ1) is 41.1. The molecule has 4 saturated carbocycles. The van der Waals surface area contributed by atoms with Gasteiger partial charge >= 0.3 is 23.9 Å². The van der Waals surface area contributed by atoms with E-state index in [1.165, 1.54) is 6.08 Å². The molecule has 3 heterocycles. The van der Waals surface area contributed by atoms with Gasteiger partial charge in [0.25, 0.3) is 0 Å². The number of rotatable bonds is 19. The highest BCUT2D eigenvalue weighted by Gasteiger charge is 2.76. The van der Waals surface area contributed by atoms with E-state index in [1.807, 2.05) is 62.3 Å². The lowest BCUT2D eigenvalue weighted by molar-refractivity contribution is -0.383. The summed E-state index contributed by atoms with van der Waals surface area (Å²) in [7, 11) is 0. The number of ether oxygens (including phenoxy) is 9. The topological polar surface area (TPSA) is 374 Å². The van der Waals surface area contributed by atoms with Gasteiger partial charge < -0.3 is 98.8 Å². The van der Waals surface area contributed by atoms with Crippen molar-refractivity contribution in [3.05, 3.63) is 34.9 Å². The average Bonchev–Trinajstić information content (AvgIpc) is 0.817. The van der Waals surface area contributed by atoms with Crippen molar-refractivity contribution in [3.63, 3.8) is 0 Å². The van der Waals surface area contributed by atoms with E-state index in [4.69, 9.17) is 42.6 Å². The van der Waals surface area contributed by atoms with Crippen molar-refractivity contribution in [1.29, 1.82) is 0 Å². The molecule has 0 aromatic rings. The van der Waals surface area contributed by atoms with Gasteiger partial charge in [0, 0.05) is 23.8 Å². The number of carbonyl (C=O) groups is 4. The number of carbonyl (C=O) groups excluding carboxylic acids is 3. The van der Waals surface area contributed by atoms with Crippen LogP contribution in [-0.4, -0.2) is 216 Å². The van der Waals surface area contributed by atoms with Crippen LogP contribution >= 0.6 is 0 Å². The summed E-state index contributed by atoms with van der Waals surface area (Å²) in [5.74, 6) is -5.50. The second-order valence-corrected chi connectivity index (χ2v) is 28.8. The fourth-order valence-electron chi connectivity index (χ4n) is 17.3. The van der Waals surface area contributed by atoms with Crippen molar-refractivity contribution in [2.75, 3.05) is 19.8 Å². The van der Waals surface area contributed by atoms with E-state index in [9.17, 15) is 75.3 Å². The summed E-state index contributed by atoms with van der Waals surface area (Å²) in [6.45, 7) is 22.3. The minimum Gasteiger partial charge on any atom is -0.479 e. The molecule has 0 bridgehead atoms. The van der Waals surface area contributed by atoms with E-state index in [-0.39, 0.29) is 18.3 Å². The smallest absolute Gasteiger partial charge is 0.335 e. The van der Waals surface area contributed by atoms with Crippen LogP contribution in [0.25, 0.3) is 0 Å². The number of aliphatic hydroxyl groups excluding tert-OH is 10. The van der Waals surface area contributed by atoms with Gasteiger partial charge in [0.15, 0.2) is 43.3 Å². The van der Waals surface area contributed by atoms with Crippen LogP contribution in [0.5, 0.6) is 0 Å². The third kappa shape index (κ3) is 12.1. The summed E-state index contributed by atoms with van der Waals surface area (Å²) in [6, 6.07) is 0. The molecule has 88 heavy (non-hydrogen) atoms. The SMILES string of the molecule is CCC(C)C(=O)O[C@H]1[C@H](OC(=O)/C=C(/C)CCC=C(C)C)C(C)(C)C[C@H]2C3=CC[C@@H]4[C@@]5(C)CC[C@H](O[C@@H]6O[C@H](C(=O)O)[C@@H](O[C@@H]7O[C@@H](CO)[C@H](O)[C@H]7O)[C@H](OC(C)=O)[C@H]6O[C@@H]6O[C@H](CO)[C@@H](O)[C@H](O)[C@H]6O)C(C)(C)[C@@H]5CC[C@@]4(C)[C@]3(C)[C@@H](O)[C@@H](O)[C@]21CO. The lowest BCUT2D eigenvalue weighted by Crippen LogP contribution is -2.76. The number of carboxylic acids is 1. The Morgan fingerprint density at radius 3 is 1.86 bits per heavy atom. The van der Waals surface area contributed by atoms with Gasteiger partial charge in [0.2, 0.25) is 0 Å². The van der Waals surface area contributed by atoms with Gasteiger partial charge in [-0.1, -0.05) is 91.2 Å². The Hall–Kier alpha value is -3.54. The number of aliphatic hydroxyl groups is 10. The Morgan fingerprint density at radius 2 is 1.30 bits per heavy atom. The molecule has 0 aromatic heterocycles. The van der Waals surface area contributed by atoms with Crippen LogP contribution in [0.15, 0.2) is 34.9 Å². The third-order valence-electron chi connectivity index (χ3n) is 22.6. The summed E-state index contributed by atoms with van der Waals surface area (Å²) in [6.07, 6.45) is -22.0. The monoisotopic (exact) mass is 1250 g/mol. The molecule has 8 rings (SSSR count). The van der Waals surface area contributed by atoms with Crippen molar-refractivity contribution < 1.29 is 118 Å². The van der Waals surface area contributed by atoms with E-state index in [1.54, 1.807) is 6.92 Å². The Bertz CT molecular complexity index is 2620. The molecule has 24 nitrogen and oxygen atoms in total. The molecular formula is C64H100O24. The quantitative estimate of drug-likeness (QED) is 0.0291. The molecule has 0 spiro atoms. The van der Waals surface area contributed by atoms with Gasteiger partial charge in [-0.3, -0.25) is 9.59 Å². The average molecular weight is 1250 g/mol. The molecule has 500 valence electrons. The van der Waals surface area contributed by atoms with Gasteiger partial charge in [-0.15, -0.1) is 0 Å². The molecular weight excluding hydrogens is 1150 g/mol. The maximum atomic E-state index is 14.1. The van der Waals surface area contributed by atoms with Crippen LogP contribution in [0.4, 0.5) is 0 Å². The highest BCUT2D eigenvalue weighted by Crippen LogP contribution is 2.76. The first kappa shape index (κ1) is 70.3. The lowest BCUT2D eigenvalue weighted by atomic mass is 9.32. The normalized spacial score (nSPS) is 45.7. The predicted molar refractivity (Wildman–Crippen MR) is 309 cm³/mol. The summed E-state index contributed by atoms with van der Waals surface area (Å²) in [4.78, 5) is 54.5. The second kappa shape index (κ2) is 26.5. The van der Waals surface area contributed by atoms with Crippen molar-refractivity contribution in [3.8, 4) is 0 Å². The van der Waals surface area contributed by atoms with Crippen molar-refractivity contribution in [2.45, 2.75) is 264 Å². The van der Waals surface area contributed by atoms with Gasteiger partial charge in [0.1, 0.15) is 54.9 Å². The zero-order valence-electron chi connectivity index (χ0n) is 53.2. The molecule has 7 fully saturated rings. The number of aliphatic carboxylic acids is 1. The van der Waals surface area contributed by atoms with Crippen molar-refractivity contribution in [2.24, 2.45) is 56.2 Å². The summed E-state index contributed by atoms with van der Waals surface area (Å²) in [5, 5.41) is 124. The first-order valence-corrected chi connectivity index (χ1v) is 31.4. The van der Waals surface area contributed by atoms with Crippen LogP contribution in [0.2, 0.25) is 0 Å². The Labute approximate surface area is 515 Å². The number of fused-ring (bicyclic) bond motifs is 7. The van der Waals surface area contributed by atoms with Crippen molar-refractivity contribution >= 4 is 23.9 Å². The molecule has 11 N–H and O–H groups in total. The van der Waals surface area contributed by atoms with Gasteiger partial charge in [-0.2, -0.15) is 0 Å². The maximum Gasteiger partial charge on any atom is 0.335 e. The van der Waals surface area contributed by atoms with Crippen LogP contribution in [-0.2, 0) is 61.8 Å². The molecule has 24 heteroatoms. The first-order valence-electron chi connectivity index (χ1n) is 31.4. The zero-order valence-corrected chi connectivity index (χ0v) is 53.2. The Morgan fingerprint density at radius 1 is 0.693 bits per heavy atom. The second-order valence-electron chi connectivity index (χ2n) is 28.8. The molecule has 3 aliphatic heterocycles. The maximum absolute atomic E-state index is 14.1. The molecule has 8 aliphatic rings. The van der Waals surface area contributed by atoms with Gasteiger partial charge in [0.05, 0.1) is 49.5 Å². The predicted octanol–water partition coefficient (Wildman–Crippen LogP) is 2.64. The summed E-state index contributed by atoms with van der Waals surface area (Å²) >= 11 is 0. The Balaban J connectivity index is 1.13. The van der Waals surface area contributed by atoms with Crippen LogP contribution in [0.3, 0.4) is 0 Å². The fraction of sp³-hybridized carbons (Fsp3) is 0.844. The molecule has 5 aliphatic carbocycles. The number of allylic oxidation sites excluding steroid dienone is 4. The highest BCUT2D eigenvalue weighted by atomic mass is 16.8. The molecule has 0 amide bonds. The standard InChI is InChI=1S/C64H100O24/c1-14-31(5)55(79)88-53-52(84-40(69)24-30(4)17-15-16-29(2)3)59(7,8)25-34-33-18-19-38-61(11)22-21-39(60(9,10)37(61)20-23-62(38,12)63(33,13)50(75)51(76)64(34,53)28-67)83-58-49(87-57-45(74)43(72)41(70)35(26-65)81-57)47(80-32(6)68)46(48(86-58)54(77)78)85-56-44(73)42(71)36(27-66)82-56/h16,18,24,31,34-39,41-53,56-58,65-67,70-76H,14-15,17,19-23,25-28H2,1-13H3,(H,77,78)/b30-24-/t31?,34-,35+,36-,37-,38+,39-,41+,42-,43-,44+,45+,46-,47-,48-,49+,50-,51+,52-,53-,56-,57-,58+,61-,62+,63-,64-/m0/s1. The molecule has 3 saturated heterocycles. The summed E-state index contributed by atoms with van der Waals surface area (Å²) < 4.78 is 55.5. The number of carboxylic acid groups (broad SMARTS) is 1. The highest BCUT2D eigenvalue weighted by molar-refractivity contribution is 5.83. The minimum atomic E-state index is -2.09. The number of hydrogen-bond acceptors (Lipinski definition) is 23. The minimum absolute atomic E-state index is 0.166. The molecule has 0 aromatic carbocycles. The van der Waals surface area contributed by atoms with E-state index in [0.717, 1.165) is 30.1 Å². The fourth-order valence-corrected chi connectivity index (χ4v) is 17.3. The number of esters is 3. The van der Waals surface area contributed by atoms with Crippen LogP contribution in [0, 0.1) is 56.2 Å². The molecule has 1 unspecified atom stereocenters. The van der Waals surface area contributed by atoms with E-state index in [0.29, 0.717) is 44.9 Å². The van der Waals surface area contributed by atoms with Crippen molar-refractivity contribution in [1.82, 2.24) is 0 Å². The largest absolute Gasteiger partial charge is 0.479 e. The van der Waals surface area contributed by atoms with Crippen LogP contribution < -0.4 is 0 Å². The zero-order chi connectivity index (χ0) is 65.3. The summed E-state index contributed by atoms with van der Waals surface area (Å²) in [5.41, 5.74) is -3.11.